The molecule has 0 saturated carbocycles. The first-order valence-electron chi connectivity index (χ1n) is 27.1. The van der Waals surface area contributed by atoms with Crippen LogP contribution in [0.15, 0.2) is 12.7 Å². The Kier molecular flexibility index (Phi) is 49.9. The highest BCUT2D eigenvalue weighted by atomic mass is 16.4. The standard InChI is InChI=1S/C55H106O4/c1-2-53(55(58)59)51-49-47-45-43-41-39-37-35-33-31-29-27-25-23-21-19-17-15-13-11-9-7-5-3-4-6-8-10-12-14-16-18-20-22-24-26-28-30-32-34-36-38-40-42-44-46-48-50-52-54(56)57/h2,53H,1,3-52H2,(H,56,57)(H,58,59). The largest absolute Gasteiger partial charge is 0.481 e. The summed E-state index contributed by atoms with van der Waals surface area (Å²) >= 11 is 0. The van der Waals surface area contributed by atoms with Gasteiger partial charge in [0.1, 0.15) is 0 Å². The lowest BCUT2D eigenvalue weighted by Gasteiger charge is -2.06. The van der Waals surface area contributed by atoms with E-state index in [9.17, 15) is 9.59 Å². The van der Waals surface area contributed by atoms with Gasteiger partial charge in [-0.3, -0.25) is 9.59 Å². The molecule has 0 aromatic rings. The molecule has 0 fully saturated rings. The van der Waals surface area contributed by atoms with E-state index in [1.165, 1.54) is 283 Å². The second-order valence-corrected chi connectivity index (χ2v) is 19.1. The summed E-state index contributed by atoms with van der Waals surface area (Å²) < 4.78 is 0. The predicted octanol–water partition coefficient (Wildman–Crippen LogP) is 19.5. The number of hydrogen-bond acceptors (Lipinski definition) is 2. The van der Waals surface area contributed by atoms with E-state index in [-0.39, 0.29) is 5.92 Å². The normalized spacial score (nSPS) is 12.0. The SMILES string of the molecule is C=CC(CCCCCCCCCCCCCCCCCCCCCCCCCCCCCCCCCCCCCCCCCCCCCCCCCCC(=O)O)C(=O)O. The summed E-state index contributed by atoms with van der Waals surface area (Å²) in [4.78, 5) is 21.5. The first-order chi connectivity index (χ1) is 29.1. The Morgan fingerprint density at radius 2 is 0.441 bits per heavy atom. The van der Waals surface area contributed by atoms with Crippen LogP contribution in [0, 0.1) is 5.92 Å². The van der Waals surface area contributed by atoms with E-state index in [4.69, 9.17) is 10.2 Å². The summed E-state index contributed by atoms with van der Waals surface area (Å²) in [6.07, 6.45) is 69.5. The van der Waals surface area contributed by atoms with Gasteiger partial charge in [0.15, 0.2) is 0 Å². The molecule has 0 radical (unpaired) electrons. The van der Waals surface area contributed by atoms with Gasteiger partial charge in [-0.25, -0.2) is 0 Å². The fourth-order valence-corrected chi connectivity index (χ4v) is 9.11. The molecular formula is C55H106O4. The van der Waals surface area contributed by atoms with Crippen molar-refractivity contribution >= 4 is 11.9 Å². The van der Waals surface area contributed by atoms with Crippen LogP contribution in [0.5, 0.6) is 0 Å². The van der Waals surface area contributed by atoms with E-state index in [2.05, 4.69) is 6.58 Å². The highest BCUT2D eigenvalue weighted by molar-refractivity contribution is 5.71. The van der Waals surface area contributed by atoms with Crippen LogP contribution in [0.3, 0.4) is 0 Å². The summed E-state index contributed by atoms with van der Waals surface area (Å²) in [6.45, 7) is 3.63. The van der Waals surface area contributed by atoms with Gasteiger partial charge >= 0.3 is 11.9 Å². The third-order valence-corrected chi connectivity index (χ3v) is 13.3. The highest BCUT2D eigenvalue weighted by Crippen LogP contribution is 2.19. The van der Waals surface area contributed by atoms with Gasteiger partial charge in [0.05, 0.1) is 5.92 Å². The predicted molar refractivity (Wildman–Crippen MR) is 260 cm³/mol. The van der Waals surface area contributed by atoms with Crippen molar-refractivity contribution in [1.29, 1.82) is 0 Å². The van der Waals surface area contributed by atoms with Crippen molar-refractivity contribution in [2.24, 2.45) is 5.92 Å². The lowest BCUT2D eigenvalue weighted by Crippen LogP contribution is -2.10. The molecule has 0 aliphatic carbocycles. The Morgan fingerprint density at radius 3 is 0.576 bits per heavy atom. The number of carboxylic acids is 2. The molecule has 0 aliphatic rings. The minimum atomic E-state index is -0.728. The molecule has 0 rings (SSSR count). The number of aliphatic carboxylic acids is 2. The summed E-state index contributed by atoms with van der Waals surface area (Å²) in [5.41, 5.74) is 0. The van der Waals surface area contributed by atoms with Crippen LogP contribution in [0.1, 0.15) is 321 Å². The lowest BCUT2D eigenvalue weighted by atomic mass is 10.00. The van der Waals surface area contributed by atoms with E-state index in [0.29, 0.717) is 6.42 Å². The summed E-state index contributed by atoms with van der Waals surface area (Å²) in [6, 6.07) is 0. The first-order valence-corrected chi connectivity index (χ1v) is 27.1. The molecule has 1 atom stereocenters. The maximum absolute atomic E-state index is 11.0. The molecule has 0 aliphatic heterocycles. The average molecular weight is 831 g/mol. The van der Waals surface area contributed by atoms with Crippen LogP contribution in [0.25, 0.3) is 0 Å². The van der Waals surface area contributed by atoms with Crippen molar-refractivity contribution < 1.29 is 19.8 Å². The molecule has 0 heterocycles. The van der Waals surface area contributed by atoms with Crippen molar-refractivity contribution in [1.82, 2.24) is 0 Å². The Morgan fingerprint density at radius 1 is 0.288 bits per heavy atom. The van der Waals surface area contributed by atoms with E-state index < -0.39 is 11.9 Å². The smallest absolute Gasteiger partial charge is 0.310 e. The van der Waals surface area contributed by atoms with Crippen molar-refractivity contribution in [2.75, 3.05) is 0 Å². The Balaban J connectivity index is 3.09. The third-order valence-electron chi connectivity index (χ3n) is 13.3. The summed E-state index contributed by atoms with van der Waals surface area (Å²) in [5, 5.41) is 17.7. The molecule has 0 aromatic carbocycles. The topological polar surface area (TPSA) is 74.6 Å². The zero-order chi connectivity index (χ0) is 42.8. The van der Waals surface area contributed by atoms with Gasteiger partial charge in [0, 0.05) is 6.42 Å². The van der Waals surface area contributed by atoms with Crippen molar-refractivity contribution in [3.63, 3.8) is 0 Å². The molecule has 1 unspecified atom stereocenters. The lowest BCUT2D eigenvalue weighted by molar-refractivity contribution is -0.140. The molecule has 350 valence electrons. The Hall–Kier alpha value is -1.32. The fraction of sp³-hybridized carbons (Fsp3) is 0.927. The molecule has 0 bridgehead atoms. The fourth-order valence-electron chi connectivity index (χ4n) is 9.11. The maximum Gasteiger partial charge on any atom is 0.310 e. The zero-order valence-corrected chi connectivity index (χ0v) is 39.9. The van der Waals surface area contributed by atoms with E-state index in [0.717, 1.165) is 32.1 Å². The zero-order valence-electron chi connectivity index (χ0n) is 39.9. The summed E-state index contributed by atoms with van der Waals surface area (Å²) in [7, 11) is 0. The number of carboxylic acid groups (broad SMARTS) is 2. The molecule has 4 heteroatoms. The maximum atomic E-state index is 11.0. The van der Waals surface area contributed by atoms with Crippen LogP contribution in [-0.4, -0.2) is 22.2 Å². The number of hydrogen-bond donors (Lipinski definition) is 2. The Bertz CT molecular complexity index is 839. The van der Waals surface area contributed by atoms with Gasteiger partial charge in [0.25, 0.3) is 0 Å². The molecule has 0 spiro atoms. The van der Waals surface area contributed by atoms with Gasteiger partial charge in [0.2, 0.25) is 0 Å². The average Bonchev–Trinajstić information content (AvgIpc) is 3.22. The minimum Gasteiger partial charge on any atom is -0.481 e. The van der Waals surface area contributed by atoms with Gasteiger partial charge in [-0.2, -0.15) is 0 Å². The highest BCUT2D eigenvalue weighted by Gasteiger charge is 2.11. The number of rotatable bonds is 53. The van der Waals surface area contributed by atoms with Gasteiger partial charge in [-0.05, 0) is 12.8 Å². The van der Waals surface area contributed by atoms with Crippen LogP contribution in [0.4, 0.5) is 0 Å². The molecule has 0 aromatic heterocycles. The van der Waals surface area contributed by atoms with E-state index >= 15 is 0 Å². The van der Waals surface area contributed by atoms with Crippen LogP contribution in [0.2, 0.25) is 0 Å². The van der Waals surface area contributed by atoms with Crippen LogP contribution in [-0.2, 0) is 9.59 Å². The second kappa shape index (κ2) is 51.0. The van der Waals surface area contributed by atoms with Crippen molar-refractivity contribution in [3.8, 4) is 0 Å². The molecule has 0 saturated heterocycles. The third kappa shape index (κ3) is 50.9. The minimum absolute atomic E-state index is 0.343. The molecular weight excluding hydrogens is 725 g/mol. The van der Waals surface area contributed by atoms with Gasteiger partial charge in [-0.15, -0.1) is 6.58 Å². The second-order valence-electron chi connectivity index (χ2n) is 19.1. The van der Waals surface area contributed by atoms with Crippen LogP contribution < -0.4 is 0 Å². The summed E-state index contributed by atoms with van der Waals surface area (Å²) in [5.74, 6) is -1.74. The van der Waals surface area contributed by atoms with Gasteiger partial charge < -0.3 is 10.2 Å². The van der Waals surface area contributed by atoms with Gasteiger partial charge in [-0.1, -0.05) is 308 Å². The molecule has 4 nitrogen and oxygen atoms in total. The van der Waals surface area contributed by atoms with E-state index in [1.807, 2.05) is 0 Å². The van der Waals surface area contributed by atoms with Crippen molar-refractivity contribution in [3.05, 3.63) is 12.7 Å². The number of carbonyl (C=O) groups is 2. The Labute approximate surface area is 370 Å². The first kappa shape index (κ1) is 57.7. The van der Waals surface area contributed by atoms with Crippen molar-refractivity contribution in [2.45, 2.75) is 321 Å². The molecule has 2 N–H and O–H groups in total. The monoisotopic (exact) mass is 831 g/mol. The molecule has 0 amide bonds. The van der Waals surface area contributed by atoms with E-state index in [1.54, 1.807) is 6.08 Å². The number of unbranched alkanes of at least 4 members (excludes halogenated alkanes) is 47. The quantitative estimate of drug-likeness (QED) is 0.0473. The molecule has 59 heavy (non-hydrogen) atoms. The van der Waals surface area contributed by atoms with Crippen LogP contribution >= 0.6 is 0 Å².